The Kier molecular flexibility index (Phi) is 8.11. The maximum absolute atomic E-state index is 12.3. The molecular weight excluding hydrogens is 384 g/mol. The molecule has 0 saturated heterocycles. The lowest BCUT2D eigenvalue weighted by molar-refractivity contribution is -0.143. The van der Waals surface area contributed by atoms with Gasteiger partial charge in [0, 0.05) is 24.6 Å². The number of hydrogen-bond donors (Lipinski definition) is 3. The topological polar surface area (TPSA) is 105 Å². The number of carbonyl (C=O) groups excluding carboxylic acids is 2. The van der Waals surface area contributed by atoms with Crippen molar-refractivity contribution in [3.8, 4) is 5.75 Å². The second kappa shape index (κ2) is 11.0. The van der Waals surface area contributed by atoms with Crippen LogP contribution in [-0.4, -0.2) is 42.1 Å². The minimum Gasteiger partial charge on any atom is -0.490 e. The van der Waals surface area contributed by atoms with Crippen molar-refractivity contribution < 1.29 is 24.2 Å². The molecule has 2 aliphatic carbocycles. The zero-order valence-electron chi connectivity index (χ0n) is 17.4. The molecule has 0 radical (unpaired) electrons. The summed E-state index contributed by atoms with van der Waals surface area (Å²) >= 11 is 0. The van der Waals surface area contributed by atoms with E-state index in [1.165, 1.54) is 6.42 Å². The third kappa shape index (κ3) is 6.47. The Hall–Kier alpha value is -2.57. The molecular formula is C23H32N2O5. The average molecular weight is 417 g/mol. The first-order valence-corrected chi connectivity index (χ1v) is 11.1. The molecule has 7 nitrogen and oxygen atoms in total. The van der Waals surface area contributed by atoms with Gasteiger partial charge in [-0.3, -0.25) is 14.4 Å². The minimum absolute atomic E-state index is 0.0213. The number of nitrogens with one attached hydrogen (secondary N) is 2. The predicted octanol–water partition coefficient (Wildman–Crippen LogP) is 3.14. The summed E-state index contributed by atoms with van der Waals surface area (Å²) in [7, 11) is 0. The van der Waals surface area contributed by atoms with E-state index in [9.17, 15) is 14.4 Å². The van der Waals surface area contributed by atoms with Crippen molar-refractivity contribution in [2.45, 2.75) is 63.9 Å². The van der Waals surface area contributed by atoms with Gasteiger partial charge in [-0.2, -0.15) is 0 Å². The van der Waals surface area contributed by atoms with Crippen molar-refractivity contribution in [3.63, 3.8) is 0 Å². The first-order chi connectivity index (χ1) is 14.5. The van der Waals surface area contributed by atoms with Crippen LogP contribution in [0.5, 0.6) is 5.75 Å². The van der Waals surface area contributed by atoms with Crippen LogP contribution >= 0.6 is 0 Å². The number of carboxylic acid groups (broad SMARTS) is 1. The number of amides is 2. The van der Waals surface area contributed by atoms with E-state index in [0.717, 1.165) is 38.5 Å². The molecule has 0 unspecified atom stereocenters. The highest BCUT2D eigenvalue weighted by Crippen LogP contribution is 2.28. The third-order valence-electron chi connectivity index (χ3n) is 6.13. The van der Waals surface area contributed by atoms with Crippen LogP contribution in [-0.2, 0) is 9.59 Å². The molecule has 0 bridgehead atoms. The van der Waals surface area contributed by atoms with Gasteiger partial charge >= 0.3 is 5.97 Å². The summed E-state index contributed by atoms with van der Waals surface area (Å²) in [5.41, 5.74) is 0.538. The molecule has 0 spiro atoms. The van der Waals surface area contributed by atoms with Gasteiger partial charge in [-0.1, -0.05) is 19.3 Å². The quantitative estimate of drug-likeness (QED) is 0.565. The second-order valence-corrected chi connectivity index (χ2v) is 8.34. The van der Waals surface area contributed by atoms with E-state index < -0.39 is 5.97 Å². The fraction of sp³-hybridized carbons (Fsp3) is 0.609. The first kappa shape index (κ1) is 22.1. The number of carbonyl (C=O) groups is 3. The van der Waals surface area contributed by atoms with Crippen LogP contribution in [0, 0.1) is 11.8 Å². The minimum atomic E-state index is -0.725. The molecule has 1 aromatic rings. The number of ether oxygens (including phenoxy) is 1. The van der Waals surface area contributed by atoms with E-state index in [2.05, 4.69) is 10.6 Å². The van der Waals surface area contributed by atoms with E-state index in [0.29, 0.717) is 37.2 Å². The summed E-state index contributed by atoms with van der Waals surface area (Å²) in [5, 5.41) is 14.8. The van der Waals surface area contributed by atoms with Gasteiger partial charge in [0.2, 0.25) is 5.91 Å². The Bertz CT molecular complexity index is 720. The zero-order chi connectivity index (χ0) is 21.3. The summed E-state index contributed by atoms with van der Waals surface area (Å²) in [6.45, 7) is 0.823. The molecule has 3 N–H and O–H groups in total. The maximum atomic E-state index is 12.3. The molecule has 2 aliphatic rings. The van der Waals surface area contributed by atoms with Crippen LogP contribution in [0.15, 0.2) is 24.3 Å². The fourth-order valence-electron chi connectivity index (χ4n) is 4.28. The lowest BCUT2D eigenvalue weighted by Crippen LogP contribution is -2.38. The molecule has 3 rings (SSSR count). The van der Waals surface area contributed by atoms with Gasteiger partial charge in [0.15, 0.2) is 0 Å². The number of aliphatic carboxylic acids is 1. The van der Waals surface area contributed by atoms with Crippen molar-refractivity contribution in [1.29, 1.82) is 0 Å². The lowest BCUT2D eigenvalue weighted by Gasteiger charge is -2.26. The van der Waals surface area contributed by atoms with Crippen molar-refractivity contribution >= 4 is 17.8 Å². The Morgan fingerprint density at radius 2 is 1.47 bits per heavy atom. The van der Waals surface area contributed by atoms with Gasteiger partial charge in [-0.05, 0) is 62.8 Å². The predicted molar refractivity (Wildman–Crippen MR) is 112 cm³/mol. The molecule has 2 saturated carbocycles. The van der Waals surface area contributed by atoms with Gasteiger partial charge in [0.05, 0.1) is 12.0 Å². The van der Waals surface area contributed by atoms with Crippen molar-refractivity contribution in [1.82, 2.24) is 10.6 Å². The van der Waals surface area contributed by atoms with Crippen LogP contribution in [0.25, 0.3) is 0 Å². The molecule has 2 fully saturated rings. The summed E-state index contributed by atoms with van der Waals surface area (Å²) in [5.74, 6) is -0.259. The highest BCUT2D eigenvalue weighted by Gasteiger charge is 2.27. The SMILES string of the molecule is O=C(NCCNC(=O)C1CCCCC1)c1ccc(O[C@H]2CC[C@@H](C(=O)O)CC2)cc1. The monoisotopic (exact) mass is 416 g/mol. The van der Waals surface area contributed by atoms with E-state index in [1.54, 1.807) is 24.3 Å². The van der Waals surface area contributed by atoms with Gasteiger partial charge in [-0.15, -0.1) is 0 Å². The molecule has 30 heavy (non-hydrogen) atoms. The van der Waals surface area contributed by atoms with E-state index in [-0.39, 0.29) is 29.8 Å². The highest BCUT2D eigenvalue weighted by atomic mass is 16.5. The fourth-order valence-corrected chi connectivity index (χ4v) is 4.28. The van der Waals surface area contributed by atoms with Crippen molar-refractivity contribution in [2.75, 3.05) is 13.1 Å². The molecule has 0 aromatic heterocycles. The second-order valence-electron chi connectivity index (χ2n) is 8.34. The Morgan fingerprint density at radius 3 is 2.10 bits per heavy atom. The van der Waals surface area contributed by atoms with Crippen LogP contribution < -0.4 is 15.4 Å². The number of rotatable bonds is 8. The Morgan fingerprint density at radius 1 is 0.833 bits per heavy atom. The largest absolute Gasteiger partial charge is 0.490 e. The lowest BCUT2D eigenvalue weighted by atomic mass is 9.87. The summed E-state index contributed by atoms with van der Waals surface area (Å²) in [6, 6.07) is 6.97. The smallest absolute Gasteiger partial charge is 0.306 e. The van der Waals surface area contributed by atoms with Crippen LogP contribution in [0.1, 0.15) is 68.1 Å². The van der Waals surface area contributed by atoms with Crippen molar-refractivity contribution in [3.05, 3.63) is 29.8 Å². The molecule has 0 atom stereocenters. The van der Waals surface area contributed by atoms with Gasteiger partial charge < -0.3 is 20.5 Å². The molecule has 1 aromatic carbocycles. The number of carboxylic acids is 1. The van der Waals surface area contributed by atoms with E-state index in [1.807, 2.05) is 0 Å². The highest BCUT2D eigenvalue weighted by molar-refractivity contribution is 5.94. The van der Waals surface area contributed by atoms with E-state index >= 15 is 0 Å². The third-order valence-corrected chi connectivity index (χ3v) is 6.13. The van der Waals surface area contributed by atoms with Crippen molar-refractivity contribution in [2.24, 2.45) is 11.8 Å². The van der Waals surface area contributed by atoms with E-state index in [4.69, 9.17) is 9.84 Å². The molecule has 164 valence electrons. The molecule has 0 heterocycles. The van der Waals surface area contributed by atoms with Crippen LogP contribution in [0.4, 0.5) is 0 Å². The number of benzene rings is 1. The summed E-state index contributed by atoms with van der Waals surface area (Å²) < 4.78 is 5.93. The van der Waals surface area contributed by atoms with Crippen LogP contribution in [0.3, 0.4) is 0 Å². The molecule has 0 aliphatic heterocycles. The maximum Gasteiger partial charge on any atom is 0.306 e. The Balaban J connectivity index is 1.35. The van der Waals surface area contributed by atoms with Gasteiger partial charge in [0.1, 0.15) is 5.75 Å². The van der Waals surface area contributed by atoms with Gasteiger partial charge in [0.25, 0.3) is 5.91 Å². The molecule has 2 amide bonds. The van der Waals surface area contributed by atoms with Crippen LogP contribution in [0.2, 0.25) is 0 Å². The standard InChI is InChI=1S/C23H32N2O5/c26-21(16-4-2-1-3-5-16)24-14-15-25-22(27)17-6-10-19(11-7-17)30-20-12-8-18(9-13-20)23(28)29/h6-7,10-11,16,18,20H,1-5,8-9,12-15H2,(H,24,26)(H,25,27)(H,28,29)/t18-,20+. The first-order valence-electron chi connectivity index (χ1n) is 11.1. The normalized spacial score (nSPS) is 22.1. The van der Waals surface area contributed by atoms with Gasteiger partial charge in [-0.25, -0.2) is 0 Å². The Labute approximate surface area is 177 Å². The summed E-state index contributed by atoms with van der Waals surface area (Å²) in [4.78, 5) is 35.4. The summed E-state index contributed by atoms with van der Waals surface area (Å²) in [6.07, 6.45) is 8.15. The zero-order valence-corrected chi connectivity index (χ0v) is 17.4. The average Bonchev–Trinajstić information content (AvgIpc) is 2.78. The number of hydrogen-bond acceptors (Lipinski definition) is 4. The molecule has 7 heteroatoms.